The molecule has 3 rings (SSSR count). The zero-order valence-corrected chi connectivity index (χ0v) is 23.4. The van der Waals surface area contributed by atoms with E-state index in [0.29, 0.717) is 11.3 Å². The van der Waals surface area contributed by atoms with Gasteiger partial charge < -0.3 is 28.4 Å². The first-order valence-corrected chi connectivity index (χ1v) is 12.9. The maximum atomic E-state index is 13.6. The van der Waals surface area contributed by atoms with Crippen molar-refractivity contribution in [1.29, 1.82) is 0 Å². The van der Waals surface area contributed by atoms with Crippen LogP contribution in [-0.4, -0.2) is 83.4 Å². The molecule has 2 aliphatic heterocycles. The Hall–Kier alpha value is -3.49. The fraction of sp³-hybridized carbons (Fsp3) is 0.440. The third-order valence-corrected chi connectivity index (χ3v) is 6.80. The Morgan fingerprint density at radius 3 is 2.13 bits per heavy atom. The molecule has 2 heterocycles. The maximum Gasteiger partial charge on any atom is 0.303 e. The third kappa shape index (κ3) is 7.34. The maximum absolute atomic E-state index is 13.6. The molecule has 0 unspecified atom stereocenters. The normalized spacial score (nSPS) is 25.7. The van der Waals surface area contributed by atoms with E-state index in [4.69, 9.17) is 40.6 Å². The predicted octanol–water partition coefficient (Wildman–Crippen LogP) is 1.98. The second-order valence-electron chi connectivity index (χ2n) is 8.38. The topological polar surface area (TPSA) is 144 Å². The Balaban J connectivity index is 2.07. The molecule has 0 spiro atoms. The smallest absolute Gasteiger partial charge is 0.303 e. The number of hydrogen-bond acceptors (Lipinski definition) is 13. The van der Waals surface area contributed by atoms with Gasteiger partial charge >= 0.3 is 23.9 Å². The molecule has 2 aliphatic rings. The number of ether oxygens (including phenoxy) is 6. The van der Waals surface area contributed by atoms with Crippen molar-refractivity contribution in [2.45, 2.75) is 58.3 Å². The lowest BCUT2D eigenvalue weighted by Crippen LogP contribution is -2.66. The highest BCUT2D eigenvalue weighted by molar-refractivity contribution is 8.26. The van der Waals surface area contributed by atoms with Crippen molar-refractivity contribution in [3.63, 3.8) is 0 Å². The molecule has 14 heteroatoms. The first kappa shape index (κ1) is 30.1. The fourth-order valence-electron chi connectivity index (χ4n) is 4.04. The van der Waals surface area contributed by atoms with Gasteiger partial charge in [0.1, 0.15) is 18.5 Å². The van der Waals surface area contributed by atoms with Crippen LogP contribution in [0.1, 0.15) is 33.3 Å². The summed E-state index contributed by atoms with van der Waals surface area (Å²) in [6.07, 6.45) is -5.31. The molecule has 210 valence electrons. The van der Waals surface area contributed by atoms with Gasteiger partial charge in [0.2, 0.25) is 0 Å². The molecule has 0 aromatic heterocycles. The lowest BCUT2D eigenvalue weighted by atomic mass is 9.96. The Bertz CT molecular complexity index is 1200. The molecular formula is C25H27NO11S2. The van der Waals surface area contributed by atoms with Gasteiger partial charge in [0.25, 0.3) is 5.91 Å². The minimum atomic E-state index is -1.46. The van der Waals surface area contributed by atoms with E-state index in [0.717, 1.165) is 44.4 Å². The van der Waals surface area contributed by atoms with E-state index in [1.54, 1.807) is 30.3 Å². The molecule has 0 radical (unpaired) electrons. The molecule has 2 fully saturated rings. The number of carbonyl (C=O) groups is 5. The summed E-state index contributed by atoms with van der Waals surface area (Å²) in [4.78, 5) is 62.6. The van der Waals surface area contributed by atoms with Crippen molar-refractivity contribution in [3.05, 3.63) is 34.7 Å². The largest absolute Gasteiger partial charge is 0.496 e. The number of thiocarbonyl (C=S) groups is 1. The summed E-state index contributed by atoms with van der Waals surface area (Å²) in [6.45, 7) is 4.07. The second-order valence-corrected chi connectivity index (χ2v) is 10.1. The molecule has 39 heavy (non-hydrogen) atoms. The average molecular weight is 582 g/mol. The molecule has 0 bridgehead atoms. The molecule has 1 aromatic rings. The molecule has 0 aliphatic carbocycles. The highest BCUT2D eigenvalue weighted by atomic mass is 32.2. The van der Waals surface area contributed by atoms with Gasteiger partial charge in [0, 0.05) is 33.3 Å². The van der Waals surface area contributed by atoms with Gasteiger partial charge in [-0.1, -0.05) is 42.2 Å². The number of esters is 4. The van der Waals surface area contributed by atoms with Crippen molar-refractivity contribution in [2.24, 2.45) is 0 Å². The zero-order chi connectivity index (χ0) is 28.9. The number of methoxy groups -OCH3 is 1. The highest BCUT2D eigenvalue weighted by Crippen LogP contribution is 2.40. The van der Waals surface area contributed by atoms with Gasteiger partial charge in [-0.25, -0.2) is 0 Å². The molecule has 1 amide bonds. The summed E-state index contributed by atoms with van der Waals surface area (Å²) in [5.41, 5.74) is 0.613. The first-order valence-electron chi connectivity index (χ1n) is 11.6. The summed E-state index contributed by atoms with van der Waals surface area (Å²) in [6, 6.07) is 7.03. The second kappa shape index (κ2) is 13.0. The van der Waals surface area contributed by atoms with Crippen LogP contribution in [0, 0.1) is 0 Å². The number of nitrogens with zero attached hydrogens (tertiary/aromatic N) is 1. The van der Waals surface area contributed by atoms with E-state index >= 15 is 0 Å². The number of rotatable bonds is 8. The number of carbonyl (C=O) groups excluding carboxylic acids is 5. The number of hydrogen-bond donors (Lipinski definition) is 0. The summed E-state index contributed by atoms with van der Waals surface area (Å²) >= 11 is 6.46. The fourth-order valence-corrected chi connectivity index (χ4v) is 5.34. The van der Waals surface area contributed by atoms with Crippen LogP contribution in [0.25, 0.3) is 6.08 Å². The summed E-state index contributed by atoms with van der Waals surface area (Å²) in [7, 11) is 1.50. The number of para-hydroxylation sites is 1. The van der Waals surface area contributed by atoms with Gasteiger partial charge in [-0.05, 0) is 12.1 Å². The summed E-state index contributed by atoms with van der Waals surface area (Å²) < 4.78 is 32.8. The minimum absolute atomic E-state index is 0.0575. The van der Waals surface area contributed by atoms with Crippen molar-refractivity contribution in [2.75, 3.05) is 13.7 Å². The zero-order valence-electron chi connectivity index (χ0n) is 21.7. The van der Waals surface area contributed by atoms with E-state index in [1.807, 2.05) is 0 Å². The highest BCUT2D eigenvalue weighted by Gasteiger charge is 2.56. The monoisotopic (exact) mass is 581 g/mol. The number of benzene rings is 1. The van der Waals surface area contributed by atoms with E-state index in [2.05, 4.69) is 0 Å². The molecule has 12 nitrogen and oxygen atoms in total. The van der Waals surface area contributed by atoms with Gasteiger partial charge in [0.15, 0.2) is 28.9 Å². The Morgan fingerprint density at radius 1 is 0.949 bits per heavy atom. The van der Waals surface area contributed by atoms with E-state index in [9.17, 15) is 24.0 Å². The van der Waals surface area contributed by atoms with Crippen LogP contribution < -0.4 is 4.74 Å². The Kier molecular flexibility index (Phi) is 10.1. The van der Waals surface area contributed by atoms with Crippen LogP contribution >= 0.6 is 24.0 Å². The van der Waals surface area contributed by atoms with Crippen LogP contribution in [0.5, 0.6) is 5.75 Å². The van der Waals surface area contributed by atoms with Gasteiger partial charge in [-0.15, -0.1) is 0 Å². The standard InChI is InChI=1S/C25H27NO11S2/c1-12(27)33-11-18-20(34-13(2)28)21(35-14(3)29)22(36-15(4)30)24(37-18)26-23(31)19(39-25(26)38)10-16-8-6-7-9-17(16)32-5/h6-10,18,20-22,24H,11H2,1-5H3/b19-10+/t18-,20+,21-,22+,24-/m1/s1. The van der Waals surface area contributed by atoms with Crippen molar-refractivity contribution in [1.82, 2.24) is 4.90 Å². The number of thioether (sulfide) groups is 1. The lowest BCUT2D eigenvalue weighted by Gasteiger charge is -2.46. The third-order valence-electron chi connectivity index (χ3n) is 5.47. The van der Waals surface area contributed by atoms with Gasteiger partial charge in [-0.2, -0.15) is 0 Å². The Labute approximate surface area is 233 Å². The van der Waals surface area contributed by atoms with Crippen molar-refractivity contribution < 1.29 is 52.4 Å². The SMILES string of the molecule is COc1ccccc1/C=C1/SC(=S)N([C@@H]2O[C@H](COC(C)=O)[C@H](OC(C)=O)[C@@H](OC(C)=O)[C@@H]2OC(C)=O)C1=O. The van der Waals surface area contributed by atoms with Gasteiger partial charge in [0.05, 0.1) is 12.0 Å². The predicted molar refractivity (Wildman–Crippen MR) is 140 cm³/mol. The van der Waals surface area contributed by atoms with E-state index < -0.39 is 67.0 Å². The van der Waals surface area contributed by atoms with Crippen LogP contribution in [0.15, 0.2) is 29.2 Å². The van der Waals surface area contributed by atoms with E-state index in [1.165, 1.54) is 7.11 Å². The molecule has 1 aromatic carbocycles. The van der Waals surface area contributed by atoms with Crippen molar-refractivity contribution in [3.8, 4) is 5.75 Å². The Morgan fingerprint density at radius 2 is 1.54 bits per heavy atom. The quantitative estimate of drug-likeness (QED) is 0.191. The molecule has 2 saturated heterocycles. The van der Waals surface area contributed by atoms with Crippen LogP contribution in [0.4, 0.5) is 0 Å². The van der Waals surface area contributed by atoms with Gasteiger partial charge in [-0.3, -0.25) is 28.9 Å². The summed E-state index contributed by atoms with van der Waals surface area (Å²) in [5, 5.41) is 0. The number of amides is 1. The molecular weight excluding hydrogens is 554 g/mol. The van der Waals surface area contributed by atoms with Crippen LogP contribution in [0.2, 0.25) is 0 Å². The molecule has 0 N–H and O–H groups in total. The molecule has 0 saturated carbocycles. The lowest BCUT2D eigenvalue weighted by molar-refractivity contribution is -0.268. The summed E-state index contributed by atoms with van der Waals surface area (Å²) in [5.74, 6) is -3.07. The molecule has 5 atom stereocenters. The average Bonchev–Trinajstić information content (AvgIpc) is 3.12. The first-order chi connectivity index (χ1) is 18.4. The minimum Gasteiger partial charge on any atom is -0.496 e. The van der Waals surface area contributed by atoms with Crippen LogP contribution in [-0.2, 0) is 47.7 Å². The van der Waals surface area contributed by atoms with E-state index in [-0.39, 0.29) is 9.23 Å². The van der Waals surface area contributed by atoms with Crippen molar-refractivity contribution >= 4 is 64.2 Å². The van der Waals surface area contributed by atoms with Crippen LogP contribution in [0.3, 0.4) is 0 Å².